The van der Waals surface area contributed by atoms with E-state index in [0.717, 1.165) is 19.3 Å². The number of halogens is 1. The number of nitrogens with one attached hydrogen (secondary N) is 2. The fourth-order valence-corrected chi connectivity index (χ4v) is 2.53. The summed E-state index contributed by atoms with van der Waals surface area (Å²) < 4.78 is 18.3. The Morgan fingerprint density at radius 3 is 2.77 bits per heavy atom. The average molecular weight is 309 g/mol. The van der Waals surface area contributed by atoms with Crippen molar-refractivity contribution in [2.75, 3.05) is 20.2 Å². The monoisotopic (exact) mass is 309 g/mol. The SMILES string of the molecule is CCCC1CC(C(=O)N(C)CCOc2ccc(F)cc2)NN1. The van der Waals surface area contributed by atoms with Crippen molar-refractivity contribution in [1.82, 2.24) is 15.8 Å². The molecule has 0 saturated carbocycles. The van der Waals surface area contributed by atoms with Gasteiger partial charge < -0.3 is 9.64 Å². The molecule has 1 aliphatic heterocycles. The van der Waals surface area contributed by atoms with Crippen LogP contribution in [-0.4, -0.2) is 43.1 Å². The molecule has 2 rings (SSSR count). The number of likely N-dealkylation sites (N-methyl/N-ethyl adjacent to an activating group) is 1. The van der Waals surface area contributed by atoms with E-state index in [1.165, 1.54) is 12.1 Å². The minimum Gasteiger partial charge on any atom is -0.492 e. The summed E-state index contributed by atoms with van der Waals surface area (Å²) in [5.74, 6) is 0.376. The second kappa shape index (κ2) is 8.10. The van der Waals surface area contributed by atoms with Crippen LogP contribution in [-0.2, 0) is 4.79 Å². The van der Waals surface area contributed by atoms with E-state index in [9.17, 15) is 9.18 Å². The zero-order chi connectivity index (χ0) is 15.9. The highest BCUT2D eigenvalue weighted by molar-refractivity contribution is 5.81. The van der Waals surface area contributed by atoms with Crippen molar-refractivity contribution < 1.29 is 13.9 Å². The highest BCUT2D eigenvalue weighted by Gasteiger charge is 2.30. The van der Waals surface area contributed by atoms with Gasteiger partial charge in [0.2, 0.25) is 5.91 Å². The van der Waals surface area contributed by atoms with Crippen LogP contribution in [0.1, 0.15) is 26.2 Å². The van der Waals surface area contributed by atoms with Crippen LogP contribution >= 0.6 is 0 Å². The number of carbonyl (C=O) groups is 1. The van der Waals surface area contributed by atoms with E-state index in [-0.39, 0.29) is 17.8 Å². The summed E-state index contributed by atoms with van der Waals surface area (Å²) in [4.78, 5) is 14.0. The Labute approximate surface area is 130 Å². The van der Waals surface area contributed by atoms with Crippen LogP contribution in [0.15, 0.2) is 24.3 Å². The molecule has 0 aliphatic carbocycles. The van der Waals surface area contributed by atoms with Crippen molar-refractivity contribution >= 4 is 5.91 Å². The first-order chi connectivity index (χ1) is 10.6. The van der Waals surface area contributed by atoms with Crippen molar-refractivity contribution in [1.29, 1.82) is 0 Å². The number of rotatable bonds is 7. The summed E-state index contributed by atoms with van der Waals surface area (Å²) in [5.41, 5.74) is 6.23. The Balaban J connectivity index is 1.71. The molecule has 0 spiro atoms. The van der Waals surface area contributed by atoms with E-state index < -0.39 is 0 Å². The molecule has 22 heavy (non-hydrogen) atoms. The molecule has 1 aliphatic rings. The van der Waals surface area contributed by atoms with Gasteiger partial charge in [-0.2, -0.15) is 0 Å². The van der Waals surface area contributed by atoms with Crippen molar-refractivity contribution in [3.63, 3.8) is 0 Å². The van der Waals surface area contributed by atoms with Crippen molar-refractivity contribution in [2.24, 2.45) is 0 Å². The number of hydrogen-bond acceptors (Lipinski definition) is 4. The largest absolute Gasteiger partial charge is 0.492 e. The first kappa shape index (κ1) is 16.7. The van der Waals surface area contributed by atoms with E-state index >= 15 is 0 Å². The molecule has 0 aromatic heterocycles. The van der Waals surface area contributed by atoms with Gasteiger partial charge in [-0.15, -0.1) is 0 Å². The van der Waals surface area contributed by atoms with E-state index in [2.05, 4.69) is 17.8 Å². The number of nitrogens with zero attached hydrogens (tertiary/aromatic N) is 1. The number of ether oxygens (including phenoxy) is 1. The highest BCUT2D eigenvalue weighted by atomic mass is 19.1. The molecule has 5 nitrogen and oxygen atoms in total. The Morgan fingerprint density at radius 2 is 2.09 bits per heavy atom. The normalized spacial score (nSPS) is 20.9. The third kappa shape index (κ3) is 4.68. The smallest absolute Gasteiger partial charge is 0.240 e. The summed E-state index contributed by atoms with van der Waals surface area (Å²) in [5, 5.41) is 0. The van der Waals surface area contributed by atoms with Gasteiger partial charge in [0, 0.05) is 13.1 Å². The minimum atomic E-state index is -0.291. The lowest BCUT2D eigenvalue weighted by Gasteiger charge is -2.21. The van der Waals surface area contributed by atoms with Gasteiger partial charge in [-0.25, -0.2) is 9.82 Å². The molecule has 1 fully saturated rings. The number of benzene rings is 1. The first-order valence-corrected chi connectivity index (χ1v) is 7.74. The van der Waals surface area contributed by atoms with Gasteiger partial charge in [0.05, 0.1) is 6.54 Å². The van der Waals surface area contributed by atoms with Gasteiger partial charge >= 0.3 is 0 Å². The van der Waals surface area contributed by atoms with Crippen LogP contribution in [0.4, 0.5) is 4.39 Å². The van der Waals surface area contributed by atoms with Gasteiger partial charge in [0.15, 0.2) is 0 Å². The zero-order valence-corrected chi connectivity index (χ0v) is 13.1. The summed E-state index contributed by atoms with van der Waals surface area (Å²) in [6.07, 6.45) is 2.98. The van der Waals surface area contributed by atoms with E-state index in [4.69, 9.17) is 4.74 Å². The molecular weight excluding hydrogens is 285 g/mol. The molecule has 1 aromatic carbocycles. The van der Waals surface area contributed by atoms with Crippen LogP contribution < -0.4 is 15.6 Å². The highest BCUT2D eigenvalue weighted by Crippen LogP contribution is 2.13. The number of hydrogen-bond donors (Lipinski definition) is 2. The fourth-order valence-electron chi connectivity index (χ4n) is 2.53. The quantitative estimate of drug-likeness (QED) is 0.805. The minimum absolute atomic E-state index is 0.0637. The Morgan fingerprint density at radius 1 is 1.36 bits per heavy atom. The number of amides is 1. The second-order valence-electron chi connectivity index (χ2n) is 5.62. The first-order valence-electron chi connectivity index (χ1n) is 7.74. The van der Waals surface area contributed by atoms with Gasteiger partial charge in [-0.1, -0.05) is 13.3 Å². The Bertz CT molecular complexity index is 481. The maximum absolute atomic E-state index is 12.8. The summed E-state index contributed by atoms with van der Waals surface area (Å²) in [7, 11) is 1.77. The predicted molar refractivity (Wildman–Crippen MR) is 82.9 cm³/mol. The molecule has 1 amide bonds. The van der Waals surface area contributed by atoms with Crippen LogP contribution in [0.25, 0.3) is 0 Å². The van der Waals surface area contributed by atoms with Crippen LogP contribution in [0, 0.1) is 5.82 Å². The number of hydrazine groups is 1. The summed E-state index contributed by atoms with van der Waals surface area (Å²) >= 11 is 0. The van der Waals surface area contributed by atoms with Crippen molar-refractivity contribution in [3.8, 4) is 5.75 Å². The lowest BCUT2D eigenvalue weighted by atomic mass is 10.1. The average Bonchev–Trinajstić information content (AvgIpc) is 2.97. The van der Waals surface area contributed by atoms with E-state index in [1.54, 1.807) is 24.1 Å². The third-order valence-corrected chi connectivity index (χ3v) is 3.80. The van der Waals surface area contributed by atoms with E-state index in [0.29, 0.717) is 24.9 Å². The van der Waals surface area contributed by atoms with E-state index in [1.807, 2.05) is 0 Å². The predicted octanol–water partition coefficient (Wildman–Crippen LogP) is 1.70. The second-order valence-corrected chi connectivity index (χ2v) is 5.62. The molecule has 2 unspecified atom stereocenters. The topological polar surface area (TPSA) is 53.6 Å². The Hall–Kier alpha value is -1.66. The molecule has 2 N–H and O–H groups in total. The number of carbonyl (C=O) groups excluding carboxylic acids is 1. The van der Waals surface area contributed by atoms with Crippen LogP contribution in [0.5, 0.6) is 5.75 Å². The molecule has 1 aromatic rings. The molecule has 0 radical (unpaired) electrons. The van der Waals surface area contributed by atoms with Crippen molar-refractivity contribution in [2.45, 2.75) is 38.3 Å². The molecule has 122 valence electrons. The fraction of sp³-hybridized carbons (Fsp3) is 0.562. The maximum atomic E-state index is 12.8. The van der Waals surface area contributed by atoms with Gasteiger partial charge in [-0.05, 0) is 37.1 Å². The lowest BCUT2D eigenvalue weighted by Crippen LogP contribution is -2.45. The lowest BCUT2D eigenvalue weighted by molar-refractivity contribution is -0.132. The van der Waals surface area contributed by atoms with Gasteiger partial charge in [-0.3, -0.25) is 10.2 Å². The van der Waals surface area contributed by atoms with Crippen molar-refractivity contribution in [3.05, 3.63) is 30.1 Å². The maximum Gasteiger partial charge on any atom is 0.240 e. The third-order valence-electron chi connectivity index (χ3n) is 3.80. The molecular formula is C16H24FN3O2. The molecule has 1 saturated heterocycles. The van der Waals surface area contributed by atoms with Crippen LogP contribution in [0.3, 0.4) is 0 Å². The summed E-state index contributed by atoms with van der Waals surface area (Å²) in [6.45, 7) is 3.01. The van der Waals surface area contributed by atoms with Gasteiger partial charge in [0.25, 0.3) is 0 Å². The van der Waals surface area contributed by atoms with Gasteiger partial charge in [0.1, 0.15) is 24.2 Å². The Kier molecular flexibility index (Phi) is 6.15. The molecule has 0 bridgehead atoms. The molecule has 6 heteroatoms. The zero-order valence-electron chi connectivity index (χ0n) is 13.1. The summed E-state index contributed by atoms with van der Waals surface area (Å²) in [6, 6.07) is 6.05. The molecule has 1 heterocycles. The standard InChI is InChI=1S/C16H24FN3O2/c1-3-4-13-11-15(19-18-13)16(21)20(2)9-10-22-14-7-5-12(17)6-8-14/h5-8,13,15,18-19H,3-4,9-11H2,1-2H3. The van der Waals surface area contributed by atoms with Crippen LogP contribution in [0.2, 0.25) is 0 Å². The molecule has 2 atom stereocenters.